The summed E-state index contributed by atoms with van der Waals surface area (Å²) in [6.07, 6.45) is 2.34. The molecule has 1 aromatic heterocycles. The molecule has 0 aliphatic carbocycles. The highest BCUT2D eigenvalue weighted by Crippen LogP contribution is 2.24. The molecule has 0 aliphatic heterocycles. The molecular weight excluding hydrogens is 404 g/mol. The van der Waals surface area contributed by atoms with Crippen LogP contribution in [0.4, 0.5) is 0 Å². The molecule has 0 bridgehead atoms. The Bertz CT molecular complexity index is 1000. The van der Waals surface area contributed by atoms with Gasteiger partial charge in [-0.25, -0.2) is 9.78 Å². The Morgan fingerprint density at radius 3 is 2.50 bits per heavy atom. The monoisotopic (exact) mass is 426 g/mol. The second kappa shape index (κ2) is 10.1. The molecule has 30 heavy (non-hydrogen) atoms. The second-order valence-corrected chi connectivity index (χ2v) is 7.26. The van der Waals surface area contributed by atoms with Crippen LogP contribution in [0.15, 0.2) is 54.6 Å². The van der Waals surface area contributed by atoms with Crippen molar-refractivity contribution in [3.63, 3.8) is 0 Å². The van der Waals surface area contributed by atoms with Gasteiger partial charge in [-0.2, -0.15) is 0 Å². The van der Waals surface area contributed by atoms with E-state index in [2.05, 4.69) is 11.9 Å². The molecule has 3 aromatic rings. The quantitative estimate of drug-likeness (QED) is 0.464. The molecule has 7 heteroatoms. The molecule has 0 saturated carbocycles. The van der Waals surface area contributed by atoms with Crippen LogP contribution in [0.2, 0.25) is 5.15 Å². The number of aldehydes is 1. The summed E-state index contributed by atoms with van der Waals surface area (Å²) in [5, 5.41) is 9.73. The maximum atomic E-state index is 11.6. The number of hydrogen-bond acceptors (Lipinski definition) is 4. The van der Waals surface area contributed by atoms with Crippen LogP contribution in [-0.2, 0) is 17.8 Å². The Labute approximate surface area is 180 Å². The van der Waals surface area contributed by atoms with E-state index in [-0.39, 0.29) is 5.15 Å². The molecule has 1 unspecified atom stereocenters. The number of rotatable bonds is 10. The van der Waals surface area contributed by atoms with E-state index in [4.69, 9.17) is 16.3 Å². The van der Waals surface area contributed by atoms with E-state index in [0.29, 0.717) is 23.6 Å². The van der Waals surface area contributed by atoms with Crippen LogP contribution < -0.4 is 4.74 Å². The van der Waals surface area contributed by atoms with Gasteiger partial charge in [0.2, 0.25) is 6.10 Å². The van der Waals surface area contributed by atoms with Gasteiger partial charge in [-0.05, 0) is 24.1 Å². The number of imidazole rings is 1. The van der Waals surface area contributed by atoms with Crippen molar-refractivity contribution in [2.45, 2.75) is 38.8 Å². The van der Waals surface area contributed by atoms with Gasteiger partial charge in [0.1, 0.15) is 17.3 Å². The van der Waals surface area contributed by atoms with Gasteiger partial charge in [0.05, 0.1) is 0 Å². The first-order valence-electron chi connectivity index (χ1n) is 9.77. The number of halogens is 1. The van der Waals surface area contributed by atoms with E-state index in [1.807, 2.05) is 22.8 Å². The van der Waals surface area contributed by atoms with E-state index in [1.165, 1.54) is 0 Å². The molecular formula is C23H23ClN2O4. The summed E-state index contributed by atoms with van der Waals surface area (Å²) in [7, 11) is 0. The van der Waals surface area contributed by atoms with Gasteiger partial charge in [-0.1, -0.05) is 67.4 Å². The van der Waals surface area contributed by atoms with Crippen LogP contribution in [0, 0.1) is 0 Å². The fraction of sp³-hybridized carbons (Fsp3) is 0.261. The van der Waals surface area contributed by atoms with Crippen molar-refractivity contribution in [3.05, 3.63) is 82.4 Å². The van der Waals surface area contributed by atoms with Gasteiger partial charge in [0, 0.05) is 18.5 Å². The average molecular weight is 427 g/mol. The van der Waals surface area contributed by atoms with Crippen molar-refractivity contribution < 1.29 is 19.4 Å². The fourth-order valence-electron chi connectivity index (χ4n) is 3.18. The number of carboxylic acids is 1. The zero-order valence-electron chi connectivity index (χ0n) is 16.6. The van der Waals surface area contributed by atoms with Gasteiger partial charge in [0.25, 0.3) is 0 Å². The first-order valence-corrected chi connectivity index (χ1v) is 10.1. The summed E-state index contributed by atoms with van der Waals surface area (Å²) in [5.41, 5.74) is 1.85. The van der Waals surface area contributed by atoms with Crippen LogP contribution in [0.3, 0.4) is 0 Å². The number of unbranched alkanes of at least 4 members (excludes halogenated alkanes) is 1. The second-order valence-electron chi connectivity index (χ2n) is 6.90. The largest absolute Gasteiger partial charge is 0.478 e. The average Bonchev–Trinajstić information content (AvgIpc) is 3.05. The van der Waals surface area contributed by atoms with Crippen molar-refractivity contribution in [2.75, 3.05) is 0 Å². The zero-order chi connectivity index (χ0) is 21.5. The molecule has 1 atom stereocenters. The van der Waals surface area contributed by atoms with Gasteiger partial charge < -0.3 is 14.4 Å². The Morgan fingerprint density at radius 1 is 1.20 bits per heavy atom. The standard InChI is InChI=1S/C23H23ClN2O4/c1-2-3-9-20-25-22(24)19(15-27)26(20)14-16-10-12-18(13-11-16)30-21(23(28)29)17-7-5-4-6-8-17/h4-8,10-13,15,21H,2-3,9,14H2,1H3,(H,28,29). The summed E-state index contributed by atoms with van der Waals surface area (Å²) in [6, 6.07) is 15.9. The number of carboxylic acid groups (broad SMARTS) is 1. The first-order chi connectivity index (χ1) is 14.5. The first kappa shape index (κ1) is 21.6. The van der Waals surface area contributed by atoms with Gasteiger partial charge in [0.15, 0.2) is 11.4 Å². The predicted octanol–water partition coefficient (Wildman–Crippen LogP) is 4.94. The van der Waals surface area contributed by atoms with E-state index < -0.39 is 12.1 Å². The Hall–Kier alpha value is -3.12. The number of aryl methyl sites for hydroxylation is 1. The highest BCUT2D eigenvalue weighted by atomic mass is 35.5. The fourth-order valence-corrected chi connectivity index (χ4v) is 3.42. The maximum absolute atomic E-state index is 11.6. The molecule has 3 rings (SSSR count). The Balaban J connectivity index is 1.78. The SMILES string of the molecule is CCCCc1nc(Cl)c(C=O)n1Cc1ccc(OC(C(=O)O)c2ccccc2)cc1. The lowest BCUT2D eigenvalue weighted by Crippen LogP contribution is -2.18. The number of nitrogens with zero attached hydrogens (tertiary/aromatic N) is 2. The summed E-state index contributed by atoms with van der Waals surface area (Å²) in [6.45, 7) is 2.53. The normalized spacial score (nSPS) is 11.8. The minimum absolute atomic E-state index is 0.211. The molecule has 156 valence electrons. The molecule has 0 radical (unpaired) electrons. The highest BCUT2D eigenvalue weighted by Gasteiger charge is 2.21. The third-order valence-corrected chi connectivity index (χ3v) is 5.03. The lowest BCUT2D eigenvalue weighted by molar-refractivity contribution is -0.145. The number of aromatic nitrogens is 2. The Morgan fingerprint density at radius 2 is 1.90 bits per heavy atom. The van der Waals surface area contributed by atoms with Crippen LogP contribution >= 0.6 is 11.6 Å². The van der Waals surface area contributed by atoms with Gasteiger partial charge >= 0.3 is 5.97 Å². The third kappa shape index (κ3) is 5.07. The minimum Gasteiger partial charge on any atom is -0.478 e. The van der Waals surface area contributed by atoms with Crippen LogP contribution in [0.1, 0.15) is 53.3 Å². The number of benzene rings is 2. The predicted molar refractivity (Wildman–Crippen MR) is 114 cm³/mol. The number of carbonyl (C=O) groups excluding carboxylic acids is 1. The summed E-state index contributed by atoms with van der Waals surface area (Å²) >= 11 is 6.13. The molecule has 0 amide bonds. The van der Waals surface area contributed by atoms with Crippen molar-refractivity contribution in [2.24, 2.45) is 0 Å². The molecule has 2 aromatic carbocycles. The maximum Gasteiger partial charge on any atom is 0.349 e. The number of aliphatic carboxylic acids is 1. The summed E-state index contributed by atoms with van der Waals surface area (Å²) in [5.74, 6) is 0.161. The summed E-state index contributed by atoms with van der Waals surface area (Å²) in [4.78, 5) is 27.4. The van der Waals surface area contributed by atoms with Gasteiger partial charge in [-0.15, -0.1) is 0 Å². The number of ether oxygens (including phenoxy) is 1. The van der Waals surface area contributed by atoms with Gasteiger partial charge in [-0.3, -0.25) is 4.79 Å². The van der Waals surface area contributed by atoms with Crippen molar-refractivity contribution in [1.29, 1.82) is 0 Å². The van der Waals surface area contributed by atoms with Crippen LogP contribution in [0.25, 0.3) is 0 Å². The van der Waals surface area contributed by atoms with Crippen molar-refractivity contribution >= 4 is 23.9 Å². The lowest BCUT2D eigenvalue weighted by Gasteiger charge is -2.16. The molecule has 0 saturated heterocycles. The van der Waals surface area contributed by atoms with Crippen LogP contribution in [0.5, 0.6) is 5.75 Å². The van der Waals surface area contributed by atoms with E-state index in [1.54, 1.807) is 36.4 Å². The molecule has 0 aliphatic rings. The number of hydrogen-bond donors (Lipinski definition) is 1. The minimum atomic E-state index is -1.09. The topological polar surface area (TPSA) is 81.4 Å². The molecule has 0 spiro atoms. The van der Waals surface area contributed by atoms with Crippen molar-refractivity contribution in [3.8, 4) is 5.75 Å². The zero-order valence-corrected chi connectivity index (χ0v) is 17.4. The molecule has 6 nitrogen and oxygen atoms in total. The third-order valence-electron chi connectivity index (χ3n) is 4.75. The molecule has 0 fully saturated rings. The smallest absolute Gasteiger partial charge is 0.349 e. The molecule has 1 heterocycles. The summed E-state index contributed by atoms with van der Waals surface area (Å²) < 4.78 is 7.52. The van der Waals surface area contributed by atoms with E-state index in [0.717, 1.165) is 36.9 Å². The van der Waals surface area contributed by atoms with E-state index in [9.17, 15) is 14.7 Å². The van der Waals surface area contributed by atoms with E-state index >= 15 is 0 Å². The molecule has 1 N–H and O–H groups in total. The van der Waals surface area contributed by atoms with Crippen molar-refractivity contribution in [1.82, 2.24) is 9.55 Å². The number of carbonyl (C=O) groups is 2. The Kier molecular flexibility index (Phi) is 7.25. The lowest BCUT2D eigenvalue weighted by atomic mass is 10.1. The van der Waals surface area contributed by atoms with Crippen LogP contribution in [-0.4, -0.2) is 26.9 Å². The highest BCUT2D eigenvalue weighted by molar-refractivity contribution is 6.31.